The highest BCUT2D eigenvalue weighted by molar-refractivity contribution is 5.88. The number of hydrogen-bond acceptors (Lipinski definition) is 3. The standard InChI is InChI=1S/C17H26N2O3/c1-12-10-15(20)16(17(21)22)14(11-13-6-4-5-7-13)19(12)9-8-18(2)3/h10,13H,4-9,11H2,1-3H3,(H,21,22). The Hall–Kier alpha value is -1.62. The van der Waals surface area contributed by atoms with Gasteiger partial charge in [-0.05, 0) is 33.4 Å². The van der Waals surface area contributed by atoms with Gasteiger partial charge in [-0.1, -0.05) is 25.7 Å². The van der Waals surface area contributed by atoms with E-state index in [4.69, 9.17) is 0 Å². The first-order valence-electron chi connectivity index (χ1n) is 8.01. The molecule has 0 spiro atoms. The van der Waals surface area contributed by atoms with Crippen LogP contribution in [0.4, 0.5) is 0 Å². The van der Waals surface area contributed by atoms with Crippen molar-refractivity contribution in [3.63, 3.8) is 0 Å². The number of carboxylic acid groups (broad SMARTS) is 1. The maximum Gasteiger partial charge on any atom is 0.341 e. The number of carboxylic acids is 1. The summed E-state index contributed by atoms with van der Waals surface area (Å²) < 4.78 is 2.03. The second-order valence-corrected chi connectivity index (χ2v) is 6.59. The fraction of sp³-hybridized carbons (Fsp3) is 0.647. The van der Waals surface area contributed by atoms with Gasteiger partial charge in [0.1, 0.15) is 5.56 Å². The monoisotopic (exact) mass is 306 g/mol. The Bertz CT molecular complexity index is 599. The van der Waals surface area contributed by atoms with Gasteiger partial charge in [0, 0.05) is 30.5 Å². The Morgan fingerprint density at radius 1 is 1.36 bits per heavy atom. The predicted octanol–water partition coefficient (Wildman–Crippen LogP) is 2.15. The van der Waals surface area contributed by atoms with E-state index in [0.717, 1.165) is 25.1 Å². The number of aromatic nitrogens is 1. The van der Waals surface area contributed by atoms with Gasteiger partial charge in [0.25, 0.3) is 0 Å². The van der Waals surface area contributed by atoms with Crippen LogP contribution in [0.5, 0.6) is 0 Å². The van der Waals surface area contributed by atoms with Crippen molar-refractivity contribution < 1.29 is 9.90 Å². The SMILES string of the molecule is Cc1cc(=O)c(C(=O)O)c(CC2CCCC2)n1CCN(C)C. The van der Waals surface area contributed by atoms with Gasteiger partial charge in [-0.25, -0.2) is 4.79 Å². The number of likely N-dealkylation sites (N-methyl/N-ethyl adjacent to an activating group) is 1. The van der Waals surface area contributed by atoms with Crippen LogP contribution < -0.4 is 5.43 Å². The first-order valence-corrected chi connectivity index (χ1v) is 8.01. The van der Waals surface area contributed by atoms with E-state index >= 15 is 0 Å². The third-order valence-electron chi connectivity index (χ3n) is 4.57. The van der Waals surface area contributed by atoms with Gasteiger partial charge in [-0.2, -0.15) is 0 Å². The lowest BCUT2D eigenvalue weighted by atomic mass is 9.97. The van der Waals surface area contributed by atoms with E-state index in [1.807, 2.05) is 25.6 Å². The molecular weight excluding hydrogens is 280 g/mol. The number of aryl methyl sites for hydroxylation is 1. The molecule has 1 fully saturated rings. The molecule has 0 amide bonds. The van der Waals surface area contributed by atoms with Crippen molar-refractivity contribution in [2.75, 3.05) is 20.6 Å². The Balaban J connectivity index is 2.46. The van der Waals surface area contributed by atoms with E-state index in [0.29, 0.717) is 24.6 Å². The third kappa shape index (κ3) is 3.77. The van der Waals surface area contributed by atoms with Crippen LogP contribution in [0.15, 0.2) is 10.9 Å². The number of aromatic carboxylic acids is 1. The van der Waals surface area contributed by atoms with E-state index in [-0.39, 0.29) is 11.0 Å². The number of nitrogens with zero attached hydrogens (tertiary/aromatic N) is 2. The molecule has 0 radical (unpaired) electrons. The van der Waals surface area contributed by atoms with Crippen molar-refractivity contribution >= 4 is 5.97 Å². The van der Waals surface area contributed by atoms with Crippen LogP contribution in [0.25, 0.3) is 0 Å². The molecule has 0 unspecified atom stereocenters. The highest BCUT2D eigenvalue weighted by Gasteiger charge is 2.24. The van der Waals surface area contributed by atoms with Gasteiger partial charge in [-0.3, -0.25) is 4.79 Å². The maximum atomic E-state index is 12.2. The molecule has 2 rings (SSSR count). The molecule has 0 saturated heterocycles. The lowest BCUT2D eigenvalue weighted by Gasteiger charge is -2.22. The number of rotatable bonds is 6. The van der Waals surface area contributed by atoms with E-state index in [1.54, 1.807) is 0 Å². The van der Waals surface area contributed by atoms with Crippen LogP contribution >= 0.6 is 0 Å². The quantitative estimate of drug-likeness (QED) is 0.875. The second kappa shape index (κ2) is 7.09. The summed E-state index contributed by atoms with van der Waals surface area (Å²) in [5.74, 6) is -0.596. The summed E-state index contributed by atoms with van der Waals surface area (Å²) in [4.78, 5) is 25.8. The van der Waals surface area contributed by atoms with Crippen molar-refractivity contribution in [2.45, 2.75) is 45.6 Å². The van der Waals surface area contributed by atoms with E-state index in [9.17, 15) is 14.7 Å². The molecule has 0 atom stereocenters. The van der Waals surface area contributed by atoms with Gasteiger partial charge in [0.2, 0.25) is 0 Å². The van der Waals surface area contributed by atoms with Crippen LogP contribution in [0.3, 0.4) is 0 Å². The van der Waals surface area contributed by atoms with Crippen molar-refractivity contribution in [2.24, 2.45) is 5.92 Å². The molecule has 1 aromatic rings. The Morgan fingerprint density at radius 3 is 2.55 bits per heavy atom. The number of hydrogen-bond donors (Lipinski definition) is 1. The van der Waals surface area contributed by atoms with E-state index in [1.165, 1.54) is 18.9 Å². The summed E-state index contributed by atoms with van der Waals surface area (Å²) in [6, 6.07) is 1.46. The Labute approximate surface area is 131 Å². The van der Waals surface area contributed by atoms with Crippen molar-refractivity contribution in [3.05, 3.63) is 33.2 Å². The van der Waals surface area contributed by atoms with Gasteiger partial charge in [0.15, 0.2) is 5.43 Å². The largest absolute Gasteiger partial charge is 0.477 e. The molecule has 5 nitrogen and oxygen atoms in total. The topological polar surface area (TPSA) is 62.5 Å². The number of pyridine rings is 1. The molecular formula is C17H26N2O3. The smallest absolute Gasteiger partial charge is 0.341 e. The van der Waals surface area contributed by atoms with Crippen LogP contribution in [0.2, 0.25) is 0 Å². The zero-order valence-electron chi connectivity index (χ0n) is 13.8. The van der Waals surface area contributed by atoms with E-state index < -0.39 is 5.97 Å². The highest BCUT2D eigenvalue weighted by Crippen LogP contribution is 2.29. The molecule has 1 aromatic heterocycles. The molecule has 1 aliphatic carbocycles. The lowest BCUT2D eigenvalue weighted by molar-refractivity contribution is 0.0692. The minimum Gasteiger partial charge on any atom is -0.477 e. The van der Waals surface area contributed by atoms with Gasteiger partial charge >= 0.3 is 5.97 Å². The van der Waals surface area contributed by atoms with E-state index in [2.05, 4.69) is 4.90 Å². The van der Waals surface area contributed by atoms with Crippen molar-refractivity contribution in [3.8, 4) is 0 Å². The molecule has 0 aliphatic heterocycles. The summed E-state index contributed by atoms with van der Waals surface area (Å²) in [5.41, 5.74) is 1.17. The zero-order chi connectivity index (χ0) is 16.3. The van der Waals surface area contributed by atoms with Crippen molar-refractivity contribution in [1.82, 2.24) is 9.47 Å². The van der Waals surface area contributed by atoms with Gasteiger partial charge in [0.05, 0.1) is 0 Å². The summed E-state index contributed by atoms with van der Waals surface area (Å²) in [6.45, 7) is 3.42. The molecule has 1 heterocycles. The highest BCUT2D eigenvalue weighted by atomic mass is 16.4. The molecule has 5 heteroatoms. The predicted molar refractivity (Wildman–Crippen MR) is 86.6 cm³/mol. The molecule has 1 N–H and O–H groups in total. The molecule has 1 saturated carbocycles. The van der Waals surface area contributed by atoms with Gasteiger partial charge < -0.3 is 14.6 Å². The normalized spacial score (nSPS) is 15.6. The first kappa shape index (κ1) is 16.7. The summed E-state index contributed by atoms with van der Waals surface area (Å²) in [5, 5.41) is 9.49. The number of carbonyl (C=O) groups is 1. The minimum atomic E-state index is -1.10. The summed E-state index contributed by atoms with van der Waals surface area (Å²) >= 11 is 0. The average Bonchev–Trinajstić information content (AvgIpc) is 2.89. The van der Waals surface area contributed by atoms with Crippen LogP contribution in [0.1, 0.15) is 47.4 Å². The van der Waals surface area contributed by atoms with Crippen LogP contribution in [0, 0.1) is 12.8 Å². The minimum absolute atomic E-state index is 0.0312. The lowest BCUT2D eigenvalue weighted by Crippen LogP contribution is -2.29. The van der Waals surface area contributed by atoms with Crippen LogP contribution in [-0.2, 0) is 13.0 Å². The fourth-order valence-electron chi connectivity index (χ4n) is 3.37. The van der Waals surface area contributed by atoms with Crippen LogP contribution in [-0.4, -0.2) is 41.2 Å². The van der Waals surface area contributed by atoms with Gasteiger partial charge in [-0.15, -0.1) is 0 Å². The first-order chi connectivity index (χ1) is 10.4. The summed E-state index contributed by atoms with van der Waals surface area (Å²) in [7, 11) is 3.99. The zero-order valence-corrected chi connectivity index (χ0v) is 13.8. The maximum absolute atomic E-state index is 12.2. The molecule has 0 aromatic carbocycles. The Morgan fingerprint density at radius 2 is 2.00 bits per heavy atom. The molecule has 1 aliphatic rings. The molecule has 122 valence electrons. The second-order valence-electron chi connectivity index (χ2n) is 6.59. The Kier molecular flexibility index (Phi) is 5.40. The molecule has 0 bridgehead atoms. The third-order valence-corrected chi connectivity index (χ3v) is 4.57. The summed E-state index contributed by atoms with van der Waals surface area (Å²) in [6.07, 6.45) is 5.39. The fourth-order valence-corrected chi connectivity index (χ4v) is 3.37. The average molecular weight is 306 g/mol. The molecule has 22 heavy (non-hydrogen) atoms. The van der Waals surface area contributed by atoms with Crippen molar-refractivity contribution in [1.29, 1.82) is 0 Å².